The van der Waals surface area contributed by atoms with Gasteiger partial charge in [0.15, 0.2) is 5.65 Å². The van der Waals surface area contributed by atoms with Crippen LogP contribution >= 0.6 is 0 Å². The second kappa shape index (κ2) is 3.85. The number of morpholine rings is 1. The van der Waals surface area contributed by atoms with E-state index in [0.717, 1.165) is 18.8 Å². The van der Waals surface area contributed by atoms with E-state index in [0.29, 0.717) is 24.8 Å². The van der Waals surface area contributed by atoms with Crippen molar-refractivity contribution in [2.75, 3.05) is 31.2 Å². The Morgan fingerprint density at radius 1 is 1.41 bits per heavy atom. The molecule has 0 unspecified atom stereocenters. The first-order valence-corrected chi connectivity index (χ1v) is 5.53. The van der Waals surface area contributed by atoms with Gasteiger partial charge in [0, 0.05) is 24.8 Å². The number of fused-ring (bicyclic) bond motifs is 1. The maximum Gasteiger partial charge on any atom is 0.350 e. The maximum absolute atomic E-state index is 11.7. The summed E-state index contributed by atoms with van der Waals surface area (Å²) in [7, 11) is 0. The Bertz CT molecular complexity index is 596. The quantitative estimate of drug-likeness (QED) is 0.725. The van der Waals surface area contributed by atoms with Gasteiger partial charge >= 0.3 is 5.69 Å². The summed E-state index contributed by atoms with van der Waals surface area (Å²) in [5, 5.41) is 6.40. The fourth-order valence-electron chi connectivity index (χ4n) is 2.00. The molecule has 2 aromatic rings. The van der Waals surface area contributed by atoms with Gasteiger partial charge in [0.05, 0.1) is 13.2 Å². The average molecular weight is 235 g/mol. The molecule has 17 heavy (non-hydrogen) atoms. The van der Waals surface area contributed by atoms with E-state index in [1.165, 1.54) is 4.40 Å². The monoisotopic (exact) mass is 235 g/mol. The van der Waals surface area contributed by atoms with Gasteiger partial charge in [-0.25, -0.2) is 19.3 Å². The summed E-state index contributed by atoms with van der Waals surface area (Å²) in [6.45, 7) is 4.68. The Balaban J connectivity index is 2.19. The number of nitrogens with one attached hydrogen (secondary N) is 1. The molecule has 3 heterocycles. The fraction of sp³-hybridized carbons (Fsp3) is 0.500. The van der Waals surface area contributed by atoms with Crippen LogP contribution in [0.15, 0.2) is 10.9 Å². The zero-order valence-corrected chi connectivity index (χ0v) is 9.51. The van der Waals surface area contributed by atoms with Crippen LogP contribution in [0.2, 0.25) is 0 Å². The average Bonchev–Trinajstić information content (AvgIpc) is 2.71. The third-order valence-electron chi connectivity index (χ3n) is 2.81. The van der Waals surface area contributed by atoms with Crippen LogP contribution < -0.4 is 10.6 Å². The van der Waals surface area contributed by atoms with Crippen LogP contribution in [0.3, 0.4) is 0 Å². The van der Waals surface area contributed by atoms with E-state index in [2.05, 4.69) is 15.2 Å². The SMILES string of the molecule is Cc1cc2n[nH]c(=O)n2c(N2CCOCC2)n1. The lowest BCUT2D eigenvalue weighted by Crippen LogP contribution is -2.39. The molecular formula is C10H13N5O2. The van der Waals surface area contributed by atoms with Gasteiger partial charge in [-0.15, -0.1) is 0 Å². The first kappa shape index (κ1) is 10.3. The number of anilines is 1. The second-order valence-corrected chi connectivity index (χ2v) is 4.02. The molecule has 90 valence electrons. The molecule has 1 fully saturated rings. The maximum atomic E-state index is 11.7. The Labute approximate surface area is 97.0 Å². The predicted octanol–water partition coefficient (Wildman–Crippen LogP) is -0.437. The summed E-state index contributed by atoms with van der Waals surface area (Å²) in [5.74, 6) is 0.641. The Morgan fingerprint density at radius 2 is 2.18 bits per heavy atom. The summed E-state index contributed by atoms with van der Waals surface area (Å²) in [4.78, 5) is 18.2. The van der Waals surface area contributed by atoms with Gasteiger partial charge in [-0.2, -0.15) is 5.10 Å². The van der Waals surface area contributed by atoms with Crippen molar-refractivity contribution in [1.29, 1.82) is 0 Å². The minimum absolute atomic E-state index is 0.256. The van der Waals surface area contributed by atoms with Gasteiger partial charge in [-0.3, -0.25) is 0 Å². The van der Waals surface area contributed by atoms with E-state index in [-0.39, 0.29) is 5.69 Å². The van der Waals surface area contributed by atoms with Crippen LogP contribution in [0.1, 0.15) is 5.69 Å². The van der Waals surface area contributed by atoms with E-state index < -0.39 is 0 Å². The molecule has 0 amide bonds. The first-order chi connectivity index (χ1) is 8.25. The number of rotatable bonds is 1. The van der Waals surface area contributed by atoms with E-state index in [9.17, 15) is 4.79 Å². The van der Waals surface area contributed by atoms with Gasteiger partial charge in [-0.05, 0) is 6.92 Å². The number of hydrogen-bond donors (Lipinski definition) is 1. The first-order valence-electron chi connectivity index (χ1n) is 5.53. The molecule has 0 aromatic carbocycles. The van der Waals surface area contributed by atoms with Crippen molar-refractivity contribution >= 4 is 11.6 Å². The van der Waals surface area contributed by atoms with Crippen molar-refractivity contribution in [2.45, 2.75) is 6.92 Å². The van der Waals surface area contributed by atoms with Crippen molar-refractivity contribution in [3.8, 4) is 0 Å². The molecule has 2 aromatic heterocycles. The number of H-pyrrole nitrogens is 1. The molecule has 1 N–H and O–H groups in total. The molecular weight excluding hydrogens is 222 g/mol. The Kier molecular flexibility index (Phi) is 2.32. The summed E-state index contributed by atoms with van der Waals surface area (Å²) < 4.78 is 6.79. The fourth-order valence-corrected chi connectivity index (χ4v) is 2.00. The molecule has 0 saturated carbocycles. The van der Waals surface area contributed by atoms with Gasteiger partial charge in [0.25, 0.3) is 0 Å². The van der Waals surface area contributed by atoms with E-state index >= 15 is 0 Å². The highest BCUT2D eigenvalue weighted by Gasteiger charge is 2.17. The molecule has 0 aliphatic carbocycles. The summed E-state index contributed by atoms with van der Waals surface area (Å²) in [6, 6.07) is 1.78. The highest BCUT2D eigenvalue weighted by atomic mass is 16.5. The van der Waals surface area contributed by atoms with Gasteiger partial charge < -0.3 is 9.64 Å². The molecule has 0 spiro atoms. The largest absolute Gasteiger partial charge is 0.378 e. The lowest BCUT2D eigenvalue weighted by molar-refractivity contribution is 0.122. The summed E-state index contributed by atoms with van der Waals surface area (Å²) >= 11 is 0. The van der Waals surface area contributed by atoms with Gasteiger partial charge in [0.1, 0.15) is 0 Å². The number of hydrogen-bond acceptors (Lipinski definition) is 5. The third-order valence-corrected chi connectivity index (χ3v) is 2.81. The lowest BCUT2D eigenvalue weighted by Gasteiger charge is -2.27. The van der Waals surface area contributed by atoms with Crippen molar-refractivity contribution in [3.05, 3.63) is 22.2 Å². The molecule has 1 aliphatic rings. The normalized spacial score (nSPS) is 16.6. The third kappa shape index (κ3) is 1.68. The number of aryl methyl sites for hydroxylation is 1. The van der Waals surface area contributed by atoms with E-state index in [1.807, 2.05) is 11.8 Å². The van der Waals surface area contributed by atoms with Gasteiger partial charge in [0.2, 0.25) is 5.95 Å². The molecule has 1 saturated heterocycles. The minimum atomic E-state index is -0.256. The molecule has 7 heteroatoms. The Hall–Kier alpha value is -1.89. The summed E-state index contributed by atoms with van der Waals surface area (Å²) in [5.41, 5.74) is 1.19. The number of aromatic nitrogens is 4. The van der Waals surface area contributed by atoms with Crippen LogP contribution in [-0.4, -0.2) is 45.9 Å². The zero-order chi connectivity index (χ0) is 11.8. The topological polar surface area (TPSA) is 75.5 Å². The lowest BCUT2D eigenvalue weighted by atomic mass is 10.4. The van der Waals surface area contributed by atoms with E-state index in [1.54, 1.807) is 6.07 Å². The Morgan fingerprint density at radius 3 is 2.94 bits per heavy atom. The van der Waals surface area contributed by atoms with Crippen LogP contribution in [0.5, 0.6) is 0 Å². The van der Waals surface area contributed by atoms with Crippen LogP contribution in [0.25, 0.3) is 5.65 Å². The van der Waals surface area contributed by atoms with Crippen LogP contribution in [-0.2, 0) is 4.74 Å². The van der Waals surface area contributed by atoms with Crippen molar-refractivity contribution in [2.24, 2.45) is 0 Å². The van der Waals surface area contributed by atoms with Crippen LogP contribution in [0.4, 0.5) is 5.95 Å². The van der Waals surface area contributed by atoms with Gasteiger partial charge in [-0.1, -0.05) is 0 Å². The van der Waals surface area contributed by atoms with Crippen molar-refractivity contribution in [1.82, 2.24) is 19.6 Å². The van der Waals surface area contributed by atoms with Crippen molar-refractivity contribution < 1.29 is 4.74 Å². The smallest absolute Gasteiger partial charge is 0.350 e. The summed E-state index contributed by atoms with van der Waals surface area (Å²) in [6.07, 6.45) is 0. The minimum Gasteiger partial charge on any atom is -0.378 e. The molecule has 1 aliphatic heterocycles. The highest BCUT2D eigenvalue weighted by Crippen LogP contribution is 2.13. The molecule has 3 rings (SSSR count). The number of aromatic amines is 1. The van der Waals surface area contributed by atoms with E-state index in [4.69, 9.17) is 4.74 Å². The number of ether oxygens (including phenoxy) is 1. The molecule has 0 bridgehead atoms. The standard InChI is InChI=1S/C10H13N5O2/c1-7-6-8-12-13-10(16)15(8)9(11-7)14-2-4-17-5-3-14/h6H,2-5H2,1H3,(H,13,16). The predicted molar refractivity (Wildman–Crippen MR) is 61.4 cm³/mol. The van der Waals surface area contributed by atoms with Crippen molar-refractivity contribution in [3.63, 3.8) is 0 Å². The number of nitrogens with zero attached hydrogens (tertiary/aromatic N) is 4. The molecule has 0 atom stereocenters. The molecule has 7 nitrogen and oxygen atoms in total. The second-order valence-electron chi connectivity index (χ2n) is 4.02. The highest BCUT2D eigenvalue weighted by molar-refractivity contribution is 5.47. The zero-order valence-electron chi connectivity index (χ0n) is 9.51. The molecule has 0 radical (unpaired) electrons. The van der Waals surface area contributed by atoms with Crippen LogP contribution in [0, 0.1) is 6.92 Å².